The molecule has 0 bridgehead atoms. The topological polar surface area (TPSA) is 413 Å². The third-order valence-electron chi connectivity index (χ3n) is 22.7. The lowest BCUT2D eigenvalue weighted by Crippen LogP contribution is -2.67. The fraction of sp³-hybridized carbons (Fsp3) is 0.948. The molecule has 0 aromatic carbocycles. The highest BCUT2D eigenvalue weighted by Crippen LogP contribution is 2.72. The van der Waals surface area contributed by atoms with Crippen LogP contribution in [0.4, 0.5) is 0 Å². The second-order valence-corrected chi connectivity index (χ2v) is 27.6. The second kappa shape index (κ2) is 24.1. The van der Waals surface area contributed by atoms with Crippen molar-refractivity contribution in [1.29, 1.82) is 0 Å². The minimum atomic E-state index is -1.86. The molecule has 5 aliphatic heterocycles. The van der Waals surface area contributed by atoms with E-state index >= 15 is 4.79 Å². The van der Waals surface area contributed by atoms with Crippen molar-refractivity contribution in [3.05, 3.63) is 11.6 Å². The molecule has 0 spiro atoms. The molecule has 5 saturated heterocycles. The molecule has 26 nitrogen and oxygen atoms in total. The van der Waals surface area contributed by atoms with Gasteiger partial charge in [-0.05, 0) is 118 Å². The molecule has 10 rings (SSSR count). The monoisotopic (exact) mass is 1210 g/mol. The number of rotatable bonds is 12. The summed E-state index contributed by atoms with van der Waals surface area (Å²) in [6.07, 6.45) is -31.4. The largest absolute Gasteiger partial charge is 0.432 e. The van der Waals surface area contributed by atoms with E-state index in [2.05, 4.69) is 33.8 Å². The minimum absolute atomic E-state index is 0.0497. The zero-order valence-corrected chi connectivity index (χ0v) is 49.1. The molecule has 0 amide bonds. The quantitative estimate of drug-likeness (QED) is 0.0528. The zero-order chi connectivity index (χ0) is 61.2. The fourth-order valence-electron chi connectivity index (χ4n) is 17.3. The van der Waals surface area contributed by atoms with E-state index in [0.29, 0.717) is 44.9 Å². The Bertz CT molecular complexity index is 2330. The molecule has 34 atom stereocenters. The van der Waals surface area contributed by atoms with Crippen molar-refractivity contribution in [3.8, 4) is 0 Å². The normalized spacial score (nSPS) is 55.8. The zero-order valence-electron chi connectivity index (χ0n) is 49.1. The Labute approximate surface area is 488 Å². The maximum absolute atomic E-state index is 15.4. The van der Waals surface area contributed by atoms with Crippen LogP contribution in [0, 0.1) is 51.2 Å². The molecular formula is C58H94O26. The summed E-state index contributed by atoms with van der Waals surface area (Å²) in [4.78, 5) is 15.4. The number of hydrogen-bond donors (Lipinski definition) is 15. The highest BCUT2D eigenvalue weighted by molar-refractivity contribution is 5.79. The fourth-order valence-corrected chi connectivity index (χ4v) is 17.3. The predicted octanol–water partition coefficient (Wildman–Crippen LogP) is -2.94. The van der Waals surface area contributed by atoms with Crippen LogP contribution in [0.2, 0.25) is 0 Å². The van der Waals surface area contributed by atoms with Crippen molar-refractivity contribution in [3.63, 3.8) is 0 Å². The molecular weight excluding hydrogens is 1110 g/mol. The van der Waals surface area contributed by atoms with Gasteiger partial charge in [0.1, 0.15) is 97.7 Å². The average molecular weight is 1210 g/mol. The van der Waals surface area contributed by atoms with Crippen LogP contribution in [-0.2, 0) is 52.2 Å². The first kappa shape index (κ1) is 65.2. The number of allylic oxidation sites excluding steroid dienone is 1. The van der Waals surface area contributed by atoms with Gasteiger partial charge in [-0.15, -0.1) is 0 Å². The van der Waals surface area contributed by atoms with Gasteiger partial charge in [0.25, 0.3) is 0 Å². The molecule has 9 fully saturated rings. The van der Waals surface area contributed by atoms with Crippen molar-refractivity contribution in [2.75, 3.05) is 19.8 Å². The average Bonchev–Trinajstić information content (AvgIpc) is 0.931. The molecule has 10 aliphatic rings. The summed E-state index contributed by atoms with van der Waals surface area (Å²) >= 11 is 0. The standard InChI is InChI=1S/C58H94O26/c1-22-13-16-58(53(73)84-52-45(40(69)36(65)30(20-60)79-52)82-48-41(70)37(66)33(62)23(2)76-48)18-17-55(6)25-11-12-31-54(4,5)32(14-15-56(31,7)26(25)9-10-27(55)47(58)57(22,8)74)80-51-46(83-49-42(71)38(67)34(63)24(3)77-49)44(28(61)21-75-51)81-50-43(72)39(68)35(64)29(19-59)78-50/h10,22-26,28-52,59-72,74H,9,11-21H2,1-8H3/t22-,23-,24-,25?,26?,28-,29+,30+,31?,32?,33-,34+,35+,36+,37+,38+,39-,40-,41+,42+,43+,44-,45+,46+,47?,48-,49-,50-,51-,52-,55-,56+,57+,58-/m0/s1. The van der Waals surface area contributed by atoms with Crippen LogP contribution in [0.5, 0.6) is 0 Å². The Balaban J connectivity index is 0.903. The van der Waals surface area contributed by atoms with E-state index in [-0.39, 0.29) is 35.7 Å². The SMILES string of the molecule is C[C@@H]1O[C@@H](O[C@H]2[C@H](OC(=O)[C@]34CC[C@H](C)[C@@](C)(O)C3C3=CCC5C(CCC6C(C)(C)C(O[C@@H]7OC[C@H](O)[C@H](O[C@@H]8O[C@H](CO)[C@@H](O)[C@H](O)[C@H]8O)[C@H]7O[C@@H]7O[C@@H](C)[C@@H](O)[C@@H](O)[C@H]7O)CC[C@]56C)[C@]3(C)CC4)O[C@H](CO)[C@@H](O)[C@@H]2O)[C@H](O)[C@H](O)[C@H]1O. The lowest BCUT2D eigenvalue weighted by atomic mass is 9.37. The lowest BCUT2D eigenvalue weighted by Gasteiger charge is -2.68. The predicted molar refractivity (Wildman–Crippen MR) is 283 cm³/mol. The molecule has 4 saturated carbocycles. The number of hydrogen-bond acceptors (Lipinski definition) is 26. The van der Waals surface area contributed by atoms with E-state index < -0.39 is 200 Å². The molecule has 482 valence electrons. The summed E-state index contributed by atoms with van der Waals surface area (Å²) in [5.41, 5.74) is -3.13. The van der Waals surface area contributed by atoms with E-state index in [0.717, 1.165) is 18.4 Å². The van der Waals surface area contributed by atoms with Crippen LogP contribution in [0.3, 0.4) is 0 Å². The van der Waals surface area contributed by atoms with Gasteiger partial charge in [-0.1, -0.05) is 46.3 Å². The van der Waals surface area contributed by atoms with Gasteiger partial charge in [0.2, 0.25) is 6.29 Å². The minimum Gasteiger partial charge on any atom is -0.432 e. The Morgan fingerprint density at radius 3 is 1.68 bits per heavy atom. The van der Waals surface area contributed by atoms with Crippen molar-refractivity contribution >= 4 is 5.97 Å². The Kier molecular flexibility index (Phi) is 18.7. The number of fused-ring (bicyclic) bond motifs is 7. The number of carbonyl (C=O) groups excluding carboxylic acids is 1. The molecule has 15 N–H and O–H groups in total. The summed E-state index contributed by atoms with van der Waals surface area (Å²) in [6, 6.07) is 0. The summed E-state index contributed by atoms with van der Waals surface area (Å²) in [7, 11) is 0. The van der Waals surface area contributed by atoms with Gasteiger partial charge in [-0.25, -0.2) is 0 Å². The van der Waals surface area contributed by atoms with Gasteiger partial charge in [0, 0.05) is 5.92 Å². The first-order valence-corrected chi connectivity index (χ1v) is 30.3. The molecule has 5 heterocycles. The van der Waals surface area contributed by atoms with E-state index in [4.69, 9.17) is 47.4 Å². The van der Waals surface area contributed by atoms with Gasteiger partial charge in [-0.3, -0.25) is 4.79 Å². The van der Waals surface area contributed by atoms with E-state index in [1.54, 1.807) is 6.92 Å². The molecule has 5 aliphatic carbocycles. The highest BCUT2D eigenvalue weighted by Gasteiger charge is 2.70. The highest BCUT2D eigenvalue weighted by atomic mass is 16.8. The number of ether oxygens (including phenoxy) is 10. The molecule has 0 aromatic rings. The second-order valence-electron chi connectivity index (χ2n) is 27.6. The molecule has 26 heteroatoms. The summed E-state index contributed by atoms with van der Waals surface area (Å²) in [6.45, 7) is 13.6. The molecule has 5 unspecified atom stereocenters. The molecule has 0 aromatic heterocycles. The van der Waals surface area contributed by atoms with Crippen LogP contribution in [0.1, 0.15) is 113 Å². The number of esters is 1. The van der Waals surface area contributed by atoms with E-state index in [9.17, 15) is 76.6 Å². The van der Waals surface area contributed by atoms with Crippen molar-refractivity contribution < 1.29 is 129 Å². The Hall–Kier alpha value is -1.75. The Morgan fingerprint density at radius 1 is 0.548 bits per heavy atom. The number of aliphatic hydroxyl groups is 15. The van der Waals surface area contributed by atoms with Crippen LogP contribution >= 0.6 is 0 Å². The van der Waals surface area contributed by atoms with Gasteiger partial charge in [0.15, 0.2) is 31.3 Å². The summed E-state index contributed by atoms with van der Waals surface area (Å²) in [5, 5.41) is 164. The van der Waals surface area contributed by atoms with Crippen molar-refractivity contribution in [2.24, 2.45) is 51.2 Å². The molecule has 0 radical (unpaired) electrons. The third kappa shape index (κ3) is 10.8. The number of aliphatic hydroxyl groups excluding tert-OH is 14. The first-order valence-electron chi connectivity index (χ1n) is 30.3. The maximum atomic E-state index is 15.4. The van der Waals surface area contributed by atoms with Crippen LogP contribution < -0.4 is 0 Å². The summed E-state index contributed by atoms with van der Waals surface area (Å²) < 4.78 is 61.1. The van der Waals surface area contributed by atoms with E-state index in [1.807, 2.05) is 6.92 Å². The number of carbonyl (C=O) groups is 1. The van der Waals surface area contributed by atoms with Crippen LogP contribution in [-0.4, -0.2) is 262 Å². The lowest BCUT2D eigenvalue weighted by molar-refractivity contribution is -0.388. The van der Waals surface area contributed by atoms with Crippen LogP contribution in [0.15, 0.2) is 11.6 Å². The molecule has 84 heavy (non-hydrogen) atoms. The summed E-state index contributed by atoms with van der Waals surface area (Å²) in [5.74, 6) is -1.44. The van der Waals surface area contributed by atoms with Crippen molar-refractivity contribution in [2.45, 2.75) is 272 Å². The Morgan fingerprint density at radius 2 is 1.08 bits per heavy atom. The maximum Gasteiger partial charge on any atom is 0.315 e. The van der Waals surface area contributed by atoms with Crippen LogP contribution in [0.25, 0.3) is 0 Å². The van der Waals surface area contributed by atoms with Crippen molar-refractivity contribution in [1.82, 2.24) is 0 Å². The van der Waals surface area contributed by atoms with Gasteiger partial charge in [-0.2, -0.15) is 0 Å². The van der Waals surface area contributed by atoms with E-state index in [1.165, 1.54) is 13.8 Å². The van der Waals surface area contributed by atoms with Gasteiger partial charge >= 0.3 is 5.97 Å². The van der Waals surface area contributed by atoms with Gasteiger partial charge < -0.3 is 124 Å². The smallest absolute Gasteiger partial charge is 0.315 e. The first-order chi connectivity index (χ1) is 39.4. The van der Waals surface area contributed by atoms with Gasteiger partial charge in [0.05, 0.1) is 49.1 Å². The third-order valence-corrected chi connectivity index (χ3v) is 22.7.